The summed E-state index contributed by atoms with van der Waals surface area (Å²) < 4.78 is 0. The molecule has 3 nitrogen and oxygen atoms in total. The molecule has 3 heteroatoms. The maximum Gasteiger partial charge on any atom is 0.0650 e. The Morgan fingerprint density at radius 3 is 2.20 bits per heavy atom. The lowest BCUT2D eigenvalue weighted by Crippen LogP contribution is -2.56. The normalized spacial score (nSPS) is 19.4. The van der Waals surface area contributed by atoms with Gasteiger partial charge in [-0.15, -0.1) is 0 Å². The van der Waals surface area contributed by atoms with Crippen LogP contribution in [-0.4, -0.2) is 35.0 Å². The van der Waals surface area contributed by atoms with Crippen LogP contribution >= 0.6 is 0 Å². The van der Waals surface area contributed by atoms with E-state index >= 15 is 0 Å². The third-order valence-electron chi connectivity index (χ3n) is 3.45. The summed E-state index contributed by atoms with van der Waals surface area (Å²) in [6.45, 7) is 2.16. The van der Waals surface area contributed by atoms with Crippen LogP contribution in [0.15, 0.2) is 0 Å². The van der Waals surface area contributed by atoms with Gasteiger partial charge in [0.15, 0.2) is 0 Å². The SMILES string of the molecule is CCCC(CO)(CO)NC1CCCCC1. The predicted molar refractivity (Wildman–Crippen MR) is 61.8 cm³/mol. The third-order valence-corrected chi connectivity index (χ3v) is 3.45. The minimum Gasteiger partial charge on any atom is -0.394 e. The molecule has 0 amide bonds. The molecule has 0 heterocycles. The highest BCUT2D eigenvalue weighted by Crippen LogP contribution is 2.21. The summed E-state index contributed by atoms with van der Waals surface area (Å²) in [5.41, 5.74) is -0.448. The van der Waals surface area contributed by atoms with Crippen LogP contribution < -0.4 is 5.32 Å². The quantitative estimate of drug-likeness (QED) is 0.628. The van der Waals surface area contributed by atoms with Crippen molar-refractivity contribution >= 4 is 0 Å². The van der Waals surface area contributed by atoms with Gasteiger partial charge in [-0.1, -0.05) is 32.6 Å². The fourth-order valence-electron chi connectivity index (χ4n) is 2.53. The second-order valence-electron chi connectivity index (χ2n) is 4.83. The van der Waals surface area contributed by atoms with E-state index in [0.717, 1.165) is 12.8 Å². The zero-order valence-electron chi connectivity index (χ0n) is 9.84. The molecule has 1 aliphatic rings. The van der Waals surface area contributed by atoms with Crippen LogP contribution in [-0.2, 0) is 0 Å². The first-order valence-electron chi connectivity index (χ1n) is 6.26. The van der Waals surface area contributed by atoms with Gasteiger partial charge in [-0.3, -0.25) is 0 Å². The summed E-state index contributed by atoms with van der Waals surface area (Å²) >= 11 is 0. The molecule has 0 bridgehead atoms. The molecule has 0 unspecified atom stereocenters. The summed E-state index contributed by atoms with van der Waals surface area (Å²) in [6, 6.07) is 0.490. The van der Waals surface area contributed by atoms with Gasteiger partial charge in [0.25, 0.3) is 0 Å². The molecule has 0 spiro atoms. The van der Waals surface area contributed by atoms with Crippen LogP contribution in [0.1, 0.15) is 51.9 Å². The highest BCUT2D eigenvalue weighted by molar-refractivity contribution is 4.90. The summed E-state index contributed by atoms with van der Waals surface area (Å²) in [7, 11) is 0. The zero-order chi connectivity index (χ0) is 11.1. The van der Waals surface area contributed by atoms with Crippen LogP contribution in [0.2, 0.25) is 0 Å². The summed E-state index contributed by atoms with van der Waals surface area (Å²) in [5, 5.41) is 22.3. The van der Waals surface area contributed by atoms with Gasteiger partial charge in [-0.25, -0.2) is 0 Å². The van der Waals surface area contributed by atoms with Crippen molar-refractivity contribution in [1.82, 2.24) is 5.32 Å². The highest BCUT2D eigenvalue weighted by Gasteiger charge is 2.30. The van der Waals surface area contributed by atoms with Crippen LogP contribution in [0.3, 0.4) is 0 Å². The number of hydrogen-bond acceptors (Lipinski definition) is 3. The molecule has 90 valence electrons. The van der Waals surface area contributed by atoms with Crippen molar-refractivity contribution in [2.24, 2.45) is 0 Å². The van der Waals surface area contributed by atoms with Gasteiger partial charge < -0.3 is 15.5 Å². The number of aliphatic hydroxyl groups excluding tert-OH is 2. The molecule has 1 saturated carbocycles. The topological polar surface area (TPSA) is 52.5 Å². The van der Waals surface area contributed by atoms with E-state index in [1.54, 1.807) is 0 Å². The zero-order valence-corrected chi connectivity index (χ0v) is 9.84. The molecule has 1 rings (SSSR count). The molecular formula is C12H25NO2. The van der Waals surface area contributed by atoms with Crippen molar-refractivity contribution in [3.05, 3.63) is 0 Å². The van der Waals surface area contributed by atoms with E-state index < -0.39 is 5.54 Å². The third kappa shape index (κ3) is 3.74. The van der Waals surface area contributed by atoms with Crippen molar-refractivity contribution in [2.45, 2.75) is 63.5 Å². The van der Waals surface area contributed by atoms with Gasteiger partial charge in [-0.2, -0.15) is 0 Å². The second-order valence-corrected chi connectivity index (χ2v) is 4.83. The largest absolute Gasteiger partial charge is 0.394 e. The standard InChI is InChI=1S/C12H25NO2/c1-2-8-12(9-14,10-15)13-11-6-4-3-5-7-11/h11,13-15H,2-10H2,1H3. The van der Waals surface area contributed by atoms with E-state index in [1.807, 2.05) is 0 Å². The van der Waals surface area contributed by atoms with E-state index in [-0.39, 0.29) is 13.2 Å². The van der Waals surface area contributed by atoms with Crippen molar-refractivity contribution in [1.29, 1.82) is 0 Å². The lowest BCUT2D eigenvalue weighted by Gasteiger charge is -2.37. The highest BCUT2D eigenvalue weighted by atomic mass is 16.3. The average molecular weight is 215 g/mol. The molecular weight excluding hydrogens is 190 g/mol. The Bertz CT molecular complexity index is 163. The maximum atomic E-state index is 9.42. The van der Waals surface area contributed by atoms with Crippen molar-refractivity contribution in [3.8, 4) is 0 Å². The minimum absolute atomic E-state index is 0.0356. The lowest BCUT2D eigenvalue weighted by molar-refractivity contribution is 0.0683. The number of nitrogens with one attached hydrogen (secondary N) is 1. The molecule has 0 atom stereocenters. The smallest absolute Gasteiger partial charge is 0.0650 e. The Morgan fingerprint density at radius 1 is 1.13 bits per heavy atom. The van der Waals surface area contributed by atoms with Crippen LogP contribution in [0.4, 0.5) is 0 Å². The first-order valence-corrected chi connectivity index (χ1v) is 6.26. The number of aliphatic hydroxyl groups is 2. The molecule has 0 aliphatic heterocycles. The number of rotatable bonds is 6. The molecule has 0 radical (unpaired) electrons. The number of hydrogen-bond donors (Lipinski definition) is 3. The Hall–Kier alpha value is -0.120. The van der Waals surface area contributed by atoms with Gasteiger partial charge in [0.2, 0.25) is 0 Å². The maximum absolute atomic E-state index is 9.42. The fourth-order valence-corrected chi connectivity index (χ4v) is 2.53. The molecule has 0 aromatic carbocycles. The Labute approximate surface area is 92.9 Å². The summed E-state index contributed by atoms with van der Waals surface area (Å²) in [5.74, 6) is 0. The predicted octanol–water partition coefficient (Wildman–Crippen LogP) is 1.43. The van der Waals surface area contributed by atoms with Crippen molar-refractivity contribution in [2.75, 3.05) is 13.2 Å². The lowest BCUT2D eigenvalue weighted by atomic mass is 9.89. The molecule has 0 aromatic heterocycles. The van der Waals surface area contributed by atoms with E-state index in [4.69, 9.17) is 0 Å². The van der Waals surface area contributed by atoms with Crippen LogP contribution in [0, 0.1) is 0 Å². The molecule has 0 saturated heterocycles. The summed E-state index contributed by atoms with van der Waals surface area (Å²) in [4.78, 5) is 0. The van der Waals surface area contributed by atoms with Gasteiger partial charge in [0.1, 0.15) is 0 Å². The minimum atomic E-state index is -0.448. The first-order chi connectivity index (χ1) is 7.26. The van der Waals surface area contributed by atoms with E-state index in [0.29, 0.717) is 6.04 Å². The van der Waals surface area contributed by atoms with Crippen LogP contribution in [0.25, 0.3) is 0 Å². The summed E-state index contributed by atoms with van der Waals surface area (Å²) in [6.07, 6.45) is 8.08. The van der Waals surface area contributed by atoms with E-state index in [9.17, 15) is 10.2 Å². The molecule has 1 aliphatic carbocycles. The second kappa shape index (κ2) is 6.46. The molecule has 1 fully saturated rings. The van der Waals surface area contributed by atoms with Gasteiger partial charge >= 0.3 is 0 Å². The van der Waals surface area contributed by atoms with E-state index in [1.165, 1.54) is 32.1 Å². The van der Waals surface area contributed by atoms with Gasteiger partial charge in [-0.05, 0) is 19.3 Å². The molecule has 3 N–H and O–H groups in total. The Morgan fingerprint density at radius 2 is 1.73 bits per heavy atom. The van der Waals surface area contributed by atoms with Crippen LogP contribution in [0.5, 0.6) is 0 Å². The Balaban J connectivity index is 2.47. The first kappa shape index (κ1) is 12.9. The van der Waals surface area contributed by atoms with Crippen molar-refractivity contribution in [3.63, 3.8) is 0 Å². The Kier molecular flexibility index (Phi) is 5.58. The van der Waals surface area contributed by atoms with Gasteiger partial charge in [0.05, 0.1) is 18.8 Å². The molecule has 0 aromatic rings. The van der Waals surface area contributed by atoms with Gasteiger partial charge in [0, 0.05) is 6.04 Å². The van der Waals surface area contributed by atoms with E-state index in [2.05, 4.69) is 12.2 Å². The fraction of sp³-hybridized carbons (Fsp3) is 1.00. The molecule has 15 heavy (non-hydrogen) atoms. The average Bonchev–Trinajstić information content (AvgIpc) is 2.30. The van der Waals surface area contributed by atoms with Crippen molar-refractivity contribution < 1.29 is 10.2 Å². The monoisotopic (exact) mass is 215 g/mol.